The van der Waals surface area contributed by atoms with Gasteiger partial charge in [-0.1, -0.05) is 11.6 Å². The number of benzene rings is 1. The number of nitrogens with zero attached hydrogens (tertiary/aromatic N) is 5. The van der Waals surface area contributed by atoms with Crippen molar-refractivity contribution in [2.24, 2.45) is 0 Å². The Morgan fingerprint density at radius 3 is 2.71 bits per heavy atom. The van der Waals surface area contributed by atoms with E-state index >= 15 is 0 Å². The van der Waals surface area contributed by atoms with Crippen molar-refractivity contribution in [2.45, 2.75) is 32.1 Å². The molecule has 1 amide bonds. The van der Waals surface area contributed by atoms with Crippen LogP contribution in [0, 0.1) is 5.82 Å². The first-order valence-electron chi connectivity index (χ1n) is 9.53. The van der Waals surface area contributed by atoms with Gasteiger partial charge >= 0.3 is 6.09 Å². The number of halogens is 3. The molecule has 1 saturated heterocycles. The number of alkyl halides is 1. The number of carbonyl (C=O) groups is 1. The van der Waals surface area contributed by atoms with Gasteiger partial charge in [0.1, 0.15) is 18.8 Å². The molecule has 2 aromatic heterocycles. The fraction of sp³-hybridized carbons (Fsp3) is 0.300. The van der Waals surface area contributed by atoms with E-state index in [1.807, 2.05) is 25.3 Å². The molecule has 1 aliphatic rings. The Kier molecular flexibility index (Phi) is 5.73. The van der Waals surface area contributed by atoms with Crippen LogP contribution in [0.4, 0.5) is 25.3 Å². The maximum absolute atomic E-state index is 14.4. The van der Waals surface area contributed by atoms with Gasteiger partial charge < -0.3 is 10.1 Å². The molecule has 0 bridgehead atoms. The largest absolute Gasteiger partial charge is 0.447 e. The molecule has 0 saturated carbocycles. The number of carbonyl (C=O) groups excluding carboxylic acids is 1. The maximum Gasteiger partial charge on any atom is 0.416 e. The first kappa shape index (κ1) is 21.0. The Morgan fingerprint density at radius 1 is 1.26 bits per heavy atom. The summed E-state index contributed by atoms with van der Waals surface area (Å²) in [5, 5.41) is 8.01. The normalized spacial score (nSPS) is 18.0. The molecule has 1 aromatic carbocycles. The highest BCUT2D eigenvalue weighted by Crippen LogP contribution is 2.28. The molecule has 4 rings (SSSR count). The molecule has 0 unspecified atom stereocenters. The van der Waals surface area contributed by atoms with Crippen LogP contribution < -0.4 is 10.2 Å². The third kappa shape index (κ3) is 4.29. The van der Waals surface area contributed by atoms with Crippen molar-refractivity contribution in [3.63, 3.8) is 0 Å². The van der Waals surface area contributed by atoms with Crippen LogP contribution >= 0.6 is 11.6 Å². The molecule has 0 spiro atoms. The molecule has 0 aliphatic carbocycles. The summed E-state index contributed by atoms with van der Waals surface area (Å²) in [4.78, 5) is 20.9. The monoisotopic (exact) mass is 448 g/mol. The first-order chi connectivity index (χ1) is 14.8. The average Bonchev–Trinajstić information content (AvgIpc) is 3.37. The van der Waals surface area contributed by atoms with Gasteiger partial charge in [-0.2, -0.15) is 10.1 Å². The summed E-state index contributed by atoms with van der Waals surface area (Å²) in [7, 11) is 0. The molecule has 162 valence electrons. The molecular formula is C20H19ClF2N6O2. The second kappa shape index (κ2) is 8.46. The summed E-state index contributed by atoms with van der Waals surface area (Å²) < 4.78 is 34.8. The highest BCUT2D eigenvalue weighted by atomic mass is 35.5. The minimum atomic E-state index is -1.42. The Labute approximate surface area is 181 Å². The third-order valence-electron chi connectivity index (χ3n) is 4.93. The van der Waals surface area contributed by atoms with Crippen LogP contribution in [-0.2, 0) is 4.74 Å². The molecule has 11 heteroatoms. The van der Waals surface area contributed by atoms with Gasteiger partial charge in [-0.3, -0.25) is 0 Å². The Hall–Kier alpha value is -3.27. The molecule has 31 heavy (non-hydrogen) atoms. The SMILES string of the molecule is C[C@H](Nc1ncc(F)c(N2C(=O)OC[C@@H]2[C@@H](C)F)n1)c1cnn(-c2ccc(Cl)cc2)c1. The summed E-state index contributed by atoms with van der Waals surface area (Å²) in [5.41, 5.74) is 1.65. The zero-order valence-electron chi connectivity index (χ0n) is 16.7. The second-order valence-corrected chi connectivity index (χ2v) is 7.55. The van der Waals surface area contributed by atoms with E-state index in [9.17, 15) is 13.6 Å². The molecule has 3 atom stereocenters. The van der Waals surface area contributed by atoms with E-state index < -0.39 is 24.1 Å². The fourth-order valence-corrected chi connectivity index (χ4v) is 3.31. The van der Waals surface area contributed by atoms with Crippen molar-refractivity contribution in [2.75, 3.05) is 16.8 Å². The van der Waals surface area contributed by atoms with Crippen molar-refractivity contribution < 1.29 is 18.3 Å². The molecular weight excluding hydrogens is 430 g/mol. The Bertz CT molecular complexity index is 1090. The highest BCUT2D eigenvalue weighted by molar-refractivity contribution is 6.30. The predicted molar refractivity (Wildman–Crippen MR) is 111 cm³/mol. The molecule has 3 aromatic rings. The van der Waals surface area contributed by atoms with Crippen molar-refractivity contribution in [3.8, 4) is 5.69 Å². The van der Waals surface area contributed by atoms with Crippen LogP contribution in [0.15, 0.2) is 42.9 Å². The van der Waals surface area contributed by atoms with Gasteiger partial charge in [0.2, 0.25) is 5.95 Å². The number of amides is 1. The van der Waals surface area contributed by atoms with E-state index in [1.165, 1.54) is 6.92 Å². The van der Waals surface area contributed by atoms with Gasteiger partial charge in [-0.15, -0.1) is 0 Å². The van der Waals surface area contributed by atoms with Crippen LogP contribution in [0.1, 0.15) is 25.5 Å². The van der Waals surface area contributed by atoms with E-state index in [0.29, 0.717) is 5.02 Å². The molecule has 1 fully saturated rings. The lowest BCUT2D eigenvalue weighted by Gasteiger charge is -2.22. The molecule has 8 nitrogen and oxygen atoms in total. The number of nitrogens with one attached hydrogen (secondary N) is 1. The smallest absolute Gasteiger partial charge is 0.416 e. The summed E-state index contributed by atoms with van der Waals surface area (Å²) in [6.45, 7) is 2.95. The van der Waals surface area contributed by atoms with Crippen LogP contribution in [-0.4, -0.2) is 44.7 Å². The number of hydrogen-bond donors (Lipinski definition) is 1. The average molecular weight is 449 g/mol. The van der Waals surface area contributed by atoms with E-state index in [4.69, 9.17) is 16.3 Å². The van der Waals surface area contributed by atoms with Crippen molar-refractivity contribution in [1.82, 2.24) is 19.7 Å². The standard InChI is InChI=1S/C20H19ClF2N6O2/c1-11(22)17-10-31-20(30)29(17)18-16(23)8-24-19(27-18)26-12(2)13-7-25-28(9-13)15-5-3-14(21)4-6-15/h3-9,11-12,17H,10H2,1-2H3,(H,24,26,27)/t11-,12+,17-/m1/s1. The lowest BCUT2D eigenvalue weighted by molar-refractivity contribution is 0.174. The quantitative estimate of drug-likeness (QED) is 0.604. The number of cyclic esters (lactones) is 1. The van der Waals surface area contributed by atoms with Crippen LogP contribution in [0.2, 0.25) is 5.02 Å². The van der Waals surface area contributed by atoms with Crippen molar-refractivity contribution in [3.05, 3.63) is 59.3 Å². The van der Waals surface area contributed by atoms with Gasteiger partial charge in [0.25, 0.3) is 0 Å². The lowest BCUT2D eigenvalue weighted by Crippen LogP contribution is -2.40. The number of aromatic nitrogens is 4. The van der Waals surface area contributed by atoms with Gasteiger partial charge in [0.05, 0.1) is 24.1 Å². The third-order valence-corrected chi connectivity index (χ3v) is 5.18. The minimum absolute atomic E-state index is 0.0769. The number of ether oxygens (including phenoxy) is 1. The summed E-state index contributed by atoms with van der Waals surface area (Å²) in [6, 6.07) is 5.96. The zero-order valence-corrected chi connectivity index (χ0v) is 17.4. The van der Waals surface area contributed by atoms with Crippen molar-refractivity contribution >= 4 is 29.5 Å². The number of anilines is 2. The molecule has 1 aliphatic heterocycles. The van der Waals surface area contributed by atoms with E-state index in [2.05, 4.69) is 20.4 Å². The Morgan fingerprint density at radius 2 is 2.00 bits per heavy atom. The second-order valence-electron chi connectivity index (χ2n) is 7.12. The van der Waals surface area contributed by atoms with Crippen LogP contribution in [0.5, 0.6) is 0 Å². The topological polar surface area (TPSA) is 85.2 Å². The molecule has 3 heterocycles. The fourth-order valence-electron chi connectivity index (χ4n) is 3.19. The molecule has 0 radical (unpaired) electrons. The summed E-state index contributed by atoms with van der Waals surface area (Å²) >= 11 is 5.92. The van der Waals surface area contributed by atoms with Gasteiger partial charge in [0.15, 0.2) is 11.6 Å². The maximum atomic E-state index is 14.4. The Balaban J connectivity index is 1.54. The lowest BCUT2D eigenvalue weighted by atomic mass is 10.2. The molecule has 1 N–H and O–H groups in total. The predicted octanol–water partition coefficient (Wildman–Crippen LogP) is 4.31. The van der Waals surface area contributed by atoms with Crippen molar-refractivity contribution in [1.29, 1.82) is 0 Å². The summed E-state index contributed by atoms with van der Waals surface area (Å²) in [6.07, 6.45) is 2.16. The summed E-state index contributed by atoms with van der Waals surface area (Å²) in [5.74, 6) is -1.11. The van der Waals surface area contributed by atoms with Gasteiger partial charge in [-0.25, -0.2) is 28.1 Å². The zero-order chi connectivity index (χ0) is 22.1. The number of rotatable bonds is 6. The van der Waals surface area contributed by atoms with Crippen LogP contribution in [0.3, 0.4) is 0 Å². The highest BCUT2D eigenvalue weighted by Gasteiger charge is 2.40. The minimum Gasteiger partial charge on any atom is -0.447 e. The first-order valence-corrected chi connectivity index (χ1v) is 9.91. The van der Waals surface area contributed by atoms with Crippen LogP contribution in [0.25, 0.3) is 5.69 Å². The van der Waals surface area contributed by atoms with E-state index in [0.717, 1.165) is 22.3 Å². The van der Waals surface area contributed by atoms with E-state index in [-0.39, 0.29) is 24.4 Å². The van der Waals surface area contributed by atoms with E-state index in [1.54, 1.807) is 23.0 Å². The number of hydrogen-bond acceptors (Lipinski definition) is 6. The van der Waals surface area contributed by atoms with Gasteiger partial charge in [0, 0.05) is 16.8 Å². The van der Waals surface area contributed by atoms with Gasteiger partial charge in [-0.05, 0) is 38.1 Å².